The second kappa shape index (κ2) is 6.45. The topological polar surface area (TPSA) is 66.4 Å². The number of aryl methyl sites for hydroxylation is 2. The standard InChI is InChI=1S/C13H20FNO3S/c1-9-7-12(14)8-10(2)13(9)19(17,18)15-11(3)5-4-6-16/h7-8,11,15-16H,4-6H2,1-3H3. The van der Waals surface area contributed by atoms with Crippen molar-refractivity contribution in [1.82, 2.24) is 4.72 Å². The minimum absolute atomic E-state index is 0.0284. The van der Waals surface area contributed by atoms with Crippen LogP contribution in [0, 0.1) is 19.7 Å². The molecular formula is C13H20FNO3S. The molecular weight excluding hydrogens is 269 g/mol. The average molecular weight is 289 g/mol. The Morgan fingerprint density at radius 1 is 1.32 bits per heavy atom. The summed E-state index contributed by atoms with van der Waals surface area (Å²) in [5.41, 5.74) is 0.777. The van der Waals surface area contributed by atoms with Crippen molar-refractivity contribution in [3.8, 4) is 0 Å². The van der Waals surface area contributed by atoms with Gasteiger partial charge in [-0.15, -0.1) is 0 Å². The highest BCUT2D eigenvalue weighted by Crippen LogP contribution is 2.21. The summed E-state index contributed by atoms with van der Waals surface area (Å²) in [6.45, 7) is 4.91. The van der Waals surface area contributed by atoms with Crippen LogP contribution in [0.2, 0.25) is 0 Å². The van der Waals surface area contributed by atoms with Gasteiger partial charge in [-0.3, -0.25) is 0 Å². The molecule has 0 aliphatic heterocycles. The Morgan fingerprint density at radius 2 is 1.84 bits per heavy atom. The molecule has 19 heavy (non-hydrogen) atoms. The molecule has 1 unspecified atom stereocenters. The van der Waals surface area contributed by atoms with Crippen LogP contribution < -0.4 is 4.72 Å². The van der Waals surface area contributed by atoms with Crippen LogP contribution in [0.15, 0.2) is 17.0 Å². The molecule has 1 rings (SSSR count). The van der Waals surface area contributed by atoms with Crippen LogP contribution in [-0.4, -0.2) is 26.2 Å². The fourth-order valence-corrected chi connectivity index (χ4v) is 3.83. The summed E-state index contributed by atoms with van der Waals surface area (Å²) in [6.07, 6.45) is 1.08. The van der Waals surface area contributed by atoms with Crippen LogP contribution in [0.25, 0.3) is 0 Å². The Morgan fingerprint density at radius 3 is 2.32 bits per heavy atom. The summed E-state index contributed by atoms with van der Waals surface area (Å²) >= 11 is 0. The first-order chi connectivity index (χ1) is 8.77. The quantitative estimate of drug-likeness (QED) is 0.840. The van der Waals surface area contributed by atoms with Crippen LogP contribution in [-0.2, 0) is 10.0 Å². The van der Waals surface area contributed by atoms with E-state index in [1.54, 1.807) is 20.8 Å². The predicted octanol–water partition coefficient (Wildman–Crippen LogP) is 1.88. The maximum atomic E-state index is 13.2. The number of sulfonamides is 1. The van der Waals surface area contributed by atoms with Crippen molar-refractivity contribution in [1.29, 1.82) is 0 Å². The number of nitrogens with one attached hydrogen (secondary N) is 1. The Kier molecular flexibility index (Phi) is 5.46. The summed E-state index contributed by atoms with van der Waals surface area (Å²) in [5, 5.41) is 8.73. The molecule has 0 spiro atoms. The van der Waals surface area contributed by atoms with E-state index < -0.39 is 15.8 Å². The van der Waals surface area contributed by atoms with Gasteiger partial charge in [-0.1, -0.05) is 0 Å². The molecule has 0 aliphatic rings. The summed E-state index contributed by atoms with van der Waals surface area (Å²) in [6, 6.07) is 2.14. The van der Waals surface area contributed by atoms with Gasteiger partial charge in [-0.2, -0.15) is 0 Å². The van der Waals surface area contributed by atoms with Gasteiger partial charge in [0.1, 0.15) is 5.82 Å². The molecule has 108 valence electrons. The third-order valence-corrected chi connectivity index (χ3v) is 4.74. The molecule has 1 aromatic rings. The third-order valence-electron chi connectivity index (χ3n) is 2.85. The van der Waals surface area contributed by atoms with Crippen LogP contribution in [0.4, 0.5) is 4.39 Å². The van der Waals surface area contributed by atoms with Gasteiger partial charge in [0.05, 0.1) is 4.90 Å². The first kappa shape index (κ1) is 16.1. The maximum Gasteiger partial charge on any atom is 0.241 e. The van der Waals surface area contributed by atoms with Gasteiger partial charge in [-0.25, -0.2) is 17.5 Å². The molecule has 4 nitrogen and oxygen atoms in total. The lowest BCUT2D eigenvalue weighted by molar-refractivity contribution is 0.279. The van der Waals surface area contributed by atoms with E-state index in [0.29, 0.717) is 24.0 Å². The third kappa shape index (κ3) is 4.26. The first-order valence-corrected chi connectivity index (χ1v) is 7.66. The van der Waals surface area contributed by atoms with Gasteiger partial charge in [0.2, 0.25) is 10.0 Å². The Labute approximate surface area is 113 Å². The zero-order valence-electron chi connectivity index (χ0n) is 11.4. The van der Waals surface area contributed by atoms with E-state index >= 15 is 0 Å². The summed E-state index contributed by atoms with van der Waals surface area (Å²) in [4.78, 5) is 0.129. The fourth-order valence-electron chi connectivity index (χ4n) is 2.10. The number of halogens is 1. The zero-order valence-corrected chi connectivity index (χ0v) is 12.2. The number of hydrogen-bond acceptors (Lipinski definition) is 3. The van der Waals surface area contributed by atoms with Gasteiger partial charge in [0, 0.05) is 12.6 Å². The van der Waals surface area contributed by atoms with Crippen molar-refractivity contribution in [2.24, 2.45) is 0 Å². The Hall–Kier alpha value is -0.980. The van der Waals surface area contributed by atoms with Gasteiger partial charge in [-0.05, 0) is 56.9 Å². The van der Waals surface area contributed by atoms with Gasteiger partial charge in [0.15, 0.2) is 0 Å². The molecule has 6 heteroatoms. The van der Waals surface area contributed by atoms with Gasteiger partial charge >= 0.3 is 0 Å². The molecule has 0 fully saturated rings. The molecule has 0 radical (unpaired) electrons. The van der Waals surface area contributed by atoms with Crippen LogP contribution >= 0.6 is 0 Å². The molecule has 0 saturated heterocycles. The van der Waals surface area contributed by atoms with E-state index in [9.17, 15) is 12.8 Å². The highest BCUT2D eigenvalue weighted by molar-refractivity contribution is 7.89. The Balaban J connectivity index is 3.01. The van der Waals surface area contributed by atoms with E-state index in [-0.39, 0.29) is 17.5 Å². The molecule has 0 saturated carbocycles. The molecule has 0 amide bonds. The van der Waals surface area contributed by atoms with Crippen molar-refractivity contribution in [2.45, 2.75) is 44.6 Å². The predicted molar refractivity (Wildman–Crippen MR) is 72.0 cm³/mol. The van der Waals surface area contributed by atoms with Crippen molar-refractivity contribution < 1.29 is 17.9 Å². The molecule has 1 atom stereocenters. The van der Waals surface area contributed by atoms with Crippen molar-refractivity contribution in [3.63, 3.8) is 0 Å². The summed E-state index contributed by atoms with van der Waals surface area (Å²) in [7, 11) is -3.67. The average Bonchev–Trinajstić information content (AvgIpc) is 2.23. The highest BCUT2D eigenvalue weighted by atomic mass is 32.2. The minimum Gasteiger partial charge on any atom is -0.396 e. The van der Waals surface area contributed by atoms with E-state index in [1.165, 1.54) is 12.1 Å². The van der Waals surface area contributed by atoms with Crippen molar-refractivity contribution >= 4 is 10.0 Å². The second-order valence-corrected chi connectivity index (χ2v) is 6.41. The zero-order chi connectivity index (χ0) is 14.6. The van der Waals surface area contributed by atoms with Gasteiger partial charge < -0.3 is 5.11 Å². The van der Waals surface area contributed by atoms with Crippen LogP contribution in [0.3, 0.4) is 0 Å². The highest BCUT2D eigenvalue weighted by Gasteiger charge is 2.22. The summed E-state index contributed by atoms with van der Waals surface area (Å²) < 4.78 is 40.3. The van der Waals surface area contributed by atoms with E-state index in [1.807, 2.05) is 0 Å². The van der Waals surface area contributed by atoms with Gasteiger partial charge in [0.25, 0.3) is 0 Å². The van der Waals surface area contributed by atoms with E-state index in [2.05, 4.69) is 4.72 Å². The molecule has 0 aliphatic carbocycles. The molecule has 1 aromatic carbocycles. The largest absolute Gasteiger partial charge is 0.396 e. The van der Waals surface area contributed by atoms with E-state index in [0.717, 1.165) is 0 Å². The van der Waals surface area contributed by atoms with Crippen LogP contribution in [0.5, 0.6) is 0 Å². The van der Waals surface area contributed by atoms with Crippen LogP contribution in [0.1, 0.15) is 30.9 Å². The maximum absolute atomic E-state index is 13.2. The Bertz CT molecular complexity index is 520. The summed E-state index contributed by atoms with van der Waals surface area (Å²) in [5.74, 6) is -0.442. The normalized spacial score (nSPS) is 13.5. The lowest BCUT2D eigenvalue weighted by atomic mass is 10.1. The SMILES string of the molecule is Cc1cc(F)cc(C)c1S(=O)(=O)NC(C)CCCO. The number of rotatable bonds is 6. The van der Waals surface area contributed by atoms with Crippen molar-refractivity contribution in [2.75, 3.05) is 6.61 Å². The lowest BCUT2D eigenvalue weighted by Crippen LogP contribution is -2.33. The number of aliphatic hydroxyl groups is 1. The monoisotopic (exact) mass is 289 g/mol. The smallest absolute Gasteiger partial charge is 0.241 e. The minimum atomic E-state index is -3.67. The van der Waals surface area contributed by atoms with E-state index in [4.69, 9.17) is 5.11 Å². The lowest BCUT2D eigenvalue weighted by Gasteiger charge is -2.16. The molecule has 0 heterocycles. The first-order valence-electron chi connectivity index (χ1n) is 6.18. The number of aliphatic hydroxyl groups excluding tert-OH is 1. The molecule has 0 aromatic heterocycles. The fraction of sp³-hybridized carbons (Fsp3) is 0.538. The molecule has 0 bridgehead atoms. The second-order valence-electron chi connectivity index (χ2n) is 4.76. The number of benzene rings is 1. The number of hydrogen-bond donors (Lipinski definition) is 2. The molecule has 2 N–H and O–H groups in total. The van der Waals surface area contributed by atoms with Crippen molar-refractivity contribution in [3.05, 3.63) is 29.1 Å².